The van der Waals surface area contributed by atoms with Crippen LogP contribution in [0.25, 0.3) is 0 Å². The summed E-state index contributed by atoms with van der Waals surface area (Å²) in [6, 6.07) is 6.76. The van der Waals surface area contributed by atoms with Crippen molar-refractivity contribution in [2.75, 3.05) is 27.7 Å². The van der Waals surface area contributed by atoms with Gasteiger partial charge in [-0.15, -0.1) is 6.42 Å². The second-order valence-electron chi connectivity index (χ2n) is 19.0. The van der Waals surface area contributed by atoms with Crippen molar-refractivity contribution in [3.8, 4) is 12.3 Å². The number of likely N-dealkylation sites (N-methyl/N-ethyl adjacent to an activating group) is 2. The van der Waals surface area contributed by atoms with Crippen LogP contribution in [0.5, 0.6) is 0 Å². The first kappa shape index (κ1) is 50.4. The Balaban J connectivity index is 1.79. The standard InChI is InChI=1S/C46H76N2O12/c1-15-32-17-19-33(20-18-32)25-48(13)34-21-27(4)56-43(37(34)49)60-41-28(5)38(59-36-23-45(10,55-14)40(51)31(8)57-36)29(6)42(52)58-35(16-2)46(11,54)39(50)30(7)47(12)24-26(3)22-44(41,9)53/h1,17-20,26-31,34-41,43,49-51,53-54H,16,21-25H2,2-14H3/t26-,27-,28+,29-,30-,31+,34+,35-,36+,37+,38+,39-,40+,41-,43+,44-,45-,46-/m1/s1. The van der Waals surface area contributed by atoms with Crippen LogP contribution in [0.1, 0.15) is 106 Å². The molecule has 3 aliphatic rings. The van der Waals surface area contributed by atoms with E-state index in [1.165, 1.54) is 14.0 Å². The van der Waals surface area contributed by atoms with Gasteiger partial charge in [-0.1, -0.05) is 38.8 Å². The lowest BCUT2D eigenvalue weighted by molar-refractivity contribution is -0.318. The van der Waals surface area contributed by atoms with Crippen LogP contribution in [0, 0.1) is 30.1 Å². The Labute approximate surface area is 358 Å². The summed E-state index contributed by atoms with van der Waals surface area (Å²) in [4.78, 5) is 18.3. The molecule has 0 amide bonds. The van der Waals surface area contributed by atoms with Crippen LogP contribution in [-0.2, 0) is 39.8 Å². The van der Waals surface area contributed by atoms with Gasteiger partial charge in [-0.3, -0.25) is 9.69 Å². The number of hydrogen-bond donors (Lipinski definition) is 5. The maximum Gasteiger partial charge on any atom is 0.311 e. The van der Waals surface area contributed by atoms with Gasteiger partial charge in [-0.25, -0.2) is 0 Å². The van der Waals surface area contributed by atoms with Gasteiger partial charge in [-0.2, -0.15) is 0 Å². The van der Waals surface area contributed by atoms with Crippen LogP contribution in [0.15, 0.2) is 24.3 Å². The maximum atomic E-state index is 14.4. The average molecular weight is 849 g/mol. The normalized spacial score (nSPS) is 44.4. The Morgan fingerprint density at radius 1 is 0.967 bits per heavy atom. The van der Waals surface area contributed by atoms with Gasteiger partial charge in [-0.05, 0) is 105 Å². The highest BCUT2D eigenvalue weighted by Gasteiger charge is 2.52. The zero-order chi connectivity index (χ0) is 45.1. The Morgan fingerprint density at radius 2 is 1.60 bits per heavy atom. The molecule has 18 atom stereocenters. The van der Waals surface area contributed by atoms with Crippen molar-refractivity contribution in [1.82, 2.24) is 9.80 Å². The van der Waals surface area contributed by atoms with E-state index in [0.29, 0.717) is 19.5 Å². The molecule has 60 heavy (non-hydrogen) atoms. The maximum absolute atomic E-state index is 14.4. The van der Waals surface area contributed by atoms with Crippen LogP contribution in [-0.4, -0.2) is 159 Å². The molecular formula is C46H76N2O12. The lowest BCUT2D eigenvalue weighted by Crippen LogP contribution is -2.60. The number of hydrogen-bond acceptors (Lipinski definition) is 14. The number of cyclic esters (lactones) is 1. The minimum atomic E-state index is -1.82. The summed E-state index contributed by atoms with van der Waals surface area (Å²) in [6.07, 6.45) is -3.19. The number of carbonyl (C=O) groups is 1. The number of rotatable bonds is 9. The molecule has 0 bridgehead atoms. The molecule has 14 heteroatoms. The van der Waals surface area contributed by atoms with Gasteiger partial charge in [0.05, 0.1) is 41.5 Å². The molecule has 342 valence electrons. The van der Waals surface area contributed by atoms with Gasteiger partial charge >= 0.3 is 5.97 Å². The second kappa shape index (κ2) is 20.5. The van der Waals surface area contributed by atoms with Gasteiger partial charge in [0.1, 0.15) is 30.0 Å². The molecule has 1 aromatic rings. The molecule has 0 unspecified atom stereocenters. The van der Waals surface area contributed by atoms with Gasteiger partial charge in [0, 0.05) is 50.2 Å². The molecule has 5 N–H and O–H groups in total. The number of aliphatic hydroxyl groups is 5. The highest BCUT2D eigenvalue weighted by molar-refractivity contribution is 5.73. The fourth-order valence-electron chi connectivity index (χ4n) is 9.77. The number of carbonyl (C=O) groups excluding carboxylic acids is 1. The first-order valence-corrected chi connectivity index (χ1v) is 21.7. The monoisotopic (exact) mass is 849 g/mol. The summed E-state index contributed by atoms with van der Waals surface area (Å²) in [5.74, 6) is -0.0669. The summed E-state index contributed by atoms with van der Waals surface area (Å²) in [5.41, 5.74) is -2.68. The van der Waals surface area contributed by atoms with E-state index in [0.717, 1.165) is 11.1 Å². The molecule has 0 saturated carbocycles. The molecule has 0 aromatic heterocycles. The van der Waals surface area contributed by atoms with Crippen molar-refractivity contribution in [2.24, 2.45) is 17.8 Å². The first-order chi connectivity index (χ1) is 27.9. The van der Waals surface area contributed by atoms with E-state index in [-0.39, 0.29) is 37.3 Å². The number of aliphatic hydroxyl groups excluding tert-OH is 3. The third kappa shape index (κ3) is 11.5. The van der Waals surface area contributed by atoms with Crippen molar-refractivity contribution >= 4 is 5.97 Å². The second-order valence-corrected chi connectivity index (χ2v) is 19.0. The van der Waals surface area contributed by atoms with E-state index in [4.69, 9.17) is 34.8 Å². The summed E-state index contributed by atoms with van der Waals surface area (Å²) in [5, 5.41) is 59.2. The van der Waals surface area contributed by atoms with Crippen LogP contribution in [0.4, 0.5) is 0 Å². The fraction of sp³-hybridized carbons (Fsp3) is 0.804. The van der Waals surface area contributed by atoms with E-state index in [1.807, 2.05) is 64.0 Å². The molecule has 0 spiro atoms. The number of terminal acetylenes is 1. The van der Waals surface area contributed by atoms with Gasteiger partial charge in [0.25, 0.3) is 0 Å². The molecule has 0 aliphatic carbocycles. The number of ether oxygens (including phenoxy) is 6. The van der Waals surface area contributed by atoms with Gasteiger partial charge in [0.15, 0.2) is 12.6 Å². The van der Waals surface area contributed by atoms with Gasteiger partial charge < -0.3 is 58.9 Å². The van der Waals surface area contributed by atoms with Crippen LogP contribution in [0.3, 0.4) is 0 Å². The Hall–Kier alpha value is -2.23. The van der Waals surface area contributed by atoms with Crippen LogP contribution in [0.2, 0.25) is 0 Å². The quantitative estimate of drug-likeness (QED) is 0.180. The Morgan fingerprint density at radius 3 is 2.18 bits per heavy atom. The topological polar surface area (TPSA) is 180 Å². The molecule has 4 rings (SSSR count). The molecule has 0 radical (unpaired) electrons. The molecule has 3 saturated heterocycles. The highest BCUT2D eigenvalue weighted by atomic mass is 16.7. The van der Waals surface area contributed by atoms with E-state index < -0.39 is 96.0 Å². The lowest BCUT2D eigenvalue weighted by atomic mass is 9.77. The Bertz CT molecular complexity index is 1570. The fourth-order valence-corrected chi connectivity index (χ4v) is 9.77. The number of esters is 1. The lowest BCUT2D eigenvalue weighted by Gasteiger charge is -2.49. The molecule has 1 aromatic carbocycles. The van der Waals surface area contributed by atoms with Crippen LogP contribution >= 0.6 is 0 Å². The number of benzene rings is 1. The zero-order valence-electron chi connectivity index (χ0n) is 38.3. The molecule has 14 nitrogen and oxygen atoms in total. The third-order valence-corrected chi connectivity index (χ3v) is 13.7. The molecular weight excluding hydrogens is 773 g/mol. The van der Waals surface area contributed by atoms with Crippen LogP contribution < -0.4 is 0 Å². The van der Waals surface area contributed by atoms with Crippen molar-refractivity contribution in [3.05, 3.63) is 35.4 Å². The summed E-state index contributed by atoms with van der Waals surface area (Å²) in [6.45, 7) is 18.5. The smallest absolute Gasteiger partial charge is 0.311 e. The zero-order valence-corrected chi connectivity index (χ0v) is 38.3. The summed E-state index contributed by atoms with van der Waals surface area (Å²) < 4.78 is 38.1. The van der Waals surface area contributed by atoms with Gasteiger partial charge in [0.2, 0.25) is 0 Å². The number of methoxy groups -OCH3 is 1. The first-order valence-electron chi connectivity index (χ1n) is 21.7. The van der Waals surface area contributed by atoms with Crippen molar-refractivity contribution in [2.45, 2.75) is 192 Å². The summed E-state index contributed by atoms with van der Waals surface area (Å²) >= 11 is 0. The molecule has 3 aliphatic heterocycles. The Kier molecular flexibility index (Phi) is 17.2. The van der Waals surface area contributed by atoms with Crippen molar-refractivity contribution < 1.29 is 58.7 Å². The van der Waals surface area contributed by atoms with Crippen molar-refractivity contribution in [1.29, 1.82) is 0 Å². The van der Waals surface area contributed by atoms with E-state index >= 15 is 0 Å². The number of nitrogens with zero attached hydrogens (tertiary/aromatic N) is 2. The molecule has 3 heterocycles. The van der Waals surface area contributed by atoms with E-state index in [9.17, 15) is 30.3 Å². The van der Waals surface area contributed by atoms with E-state index in [2.05, 4.69) is 10.8 Å². The minimum Gasteiger partial charge on any atom is -0.459 e. The highest BCUT2D eigenvalue weighted by Crippen LogP contribution is 2.40. The predicted molar refractivity (Wildman–Crippen MR) is 226 cm³/mol. The minimum absolute atomic E-state index is 0.114. The summed E-state index contributed by atoms with van der Waals surface area (Å²) in [7, 11) is 5.28. The average Bonchev–Trinajstić information content (AvgIpc) is 3.19. The molecule has 3 fully saturated rings. The van der Waals surface area contributed by atoms with Crippen molar-refractivity contribution in [3.63, 3.8) is 0 Å². The van der Waals surface area contributed by atoms with E-state index in [1.54, 1.807) is 41.5 Å². The predicted octanol–water partition coefficient (Wildman–Crippen LogP) is 3.45. The third-order valence-electron chi connectivity index (χ3n) is 13.7. The largest absolute Gasteiger partial charge is 0.459 e. The SMILES string of the molecule is C#Cc1ccc(CN(C)[C@H]2C[C@@H](C)O[C@@H](O[C@@H]3[C@@H](C)[C@H](O[C@H]4C[C@@](C)(OC)[C@@H](O)[C@H](C)O4)[C@@H](C)C(=O)O[C@H](CC)[C@@](C)(O)[C@H](O)[C@@H](C)N(C)C[C@H](C)C[C@@]3(C)O)[C@H]2O)cc1.